The van der Waals surface area contributed by atoms with Crippen molar-refractivity contribution in [3.8, 4) is 6.07 Å². The lowest BCUT2D eigenvalue weighted by Gasteiger charge is -2.09. The van der Waals surface area contributed by atoms with E-state index in [1.54, 1.807) is 48.5 Å². The predicted molar refractivity (Wildman–Crippen MR) is 111 cm³/mol. The van der Waals surface area contributed by atoms with Gasteiger partial charge in [0.15, 0.2) is 5.78 Å². The van der Waals surface area contributed by atoms with E-state index in [1.165, 1.54) is 11.3 Å². The molecule has 0 aliphatic rings. The van der Waals surface area contributed by atoms with E-state index in [1.807, 2.05) is 36.4 Å². The molecule has 0 radical (unpaired) electrons. The summed E-state index contributed by atoms with van der Waals surface area (Å²) in [4.78, 5) is 17.4. The molecule has 0 amide bonds. The van der Waals surface area contributed by atoms with Gasteiger partial charge in [-0.3, -0.25) is 4.79 Å². The van der Waals surface area contributed by atoms with Gasteiger partial charge < -0.3 is 5.11 Å². The molecule has 5 heteroatoms. The first-order valence-corrected chi connectivity index (χ1v) is 9.39. The summed E-state index contributed by atoms with van der Waals surface area (Å²) in [5.41, 5.74) is 1.97. The van der Waals surface area contributed by atoms with E-state index in [0.29, 0.717) is 21.7 Å². The third-order valence-electron chi connectivity index (χ3n) is 4.32. The number of ketones is 1. The number of aliphatic hydroxyl groups is 1. The largest absolute Gasteiger partial charge is 0.506 e. The molecule has 134 valence electrons. The molecular formula is C23H14N2O2S. The van der Waals surface area contributed by atoms with E-state index in [0.717, 1.165) is 10.2 Å². The third-order valence-corrected chi connectivity index (χ3v) is 5.37. The van der Waals surface area contributed by atoms with Crippen molar-refractivity contribution in [3.63, 3.8) is 0 Å². The zero-order chi connectivity index (χ0) is 19.5. The quantitative estimate of drug-likeness (QED) is 0.288. The normalized spacial score (nSPS) is 11.7. The molecule has 0 aliphatic carbocycles. The maximum Gasteiger partial charge on any atom is 0.193 e. The maximum absolute atomic E-state index is 12.9. The number of thiazole rings is 1. The highest BCUT2D eigenvalue weighted by Crippen LogP contribution is 2.32. The number of hydrogen-bond acceptors (Lipinski definition) is 5. The second-order valence-corrected chi connectivity index (χ2v) is 7.09. The maximum atomic E-state index is 12.9. The van der Waals surface area contributed by atoms with Crippen LogP contribution in [0.3, 0.4) is 0 Å². The zero-order valence-corrected chi connectivity index (χ0v) is 15.5. The highest BCUT2D eigenvalue weighted by atomic mass is 32.1. The van der Waals surface area contributed by atoms with Crippen LogP contribution in [0.25, 0.3) is 21.5 Å². The number of carbonyl (C=O) groups is 1. The molecule has 4 rings (SSSR count). The highest BCUT2D eigenvalue weighted by Gasteiger charge is 2.20. The Labute approximate surface area is 165 Å². The summed E-state index contributed by atoms with van der Waals surface area (Å²) in [6.45, 7) is 0. The molecule has 0 fully saturated rings. The molecule has 28 heavy (non-hydrogen) atoms. The van der Waals surface area contributed by atoms with E-state index in [2.05, 4.69) is 4.98 Å². The van der Waals surface area contributed by atoms with Crippen molar-refractivity contribution in [3.05, 3.63) is 101 Å². The van der Waals surface area contributed by atoms with E-state index >= 15 is 0 Å². The average Bonchev–Trinajstić information content (AvgIpc) is 3.18. The lowest BCUT2D eigenvalue weighted by molar-refractivity contribution is 0.103. The van der Waals surface area contributed by atoms with Crippen LogP contribution in [0.15, 0.2) is 78.9 Å². The number of aromatic nitrogens is 1. The van der Waals surface area contributed by atoms with Gasteiger partial charge in [-0.25, -0.2) is 4.98 Å². The van der Waals surface area contributed by atoms with Crippen LogP contribution in [-0.4, -0.2) is 15.9 Å². The second-order valence-electron chi connectivity index (χ2n) is 6.06. The summed E-state index contributed by atoms with van der Waals surface area (Å²) >= 11 is 1.33. The molecule has 1 N–H and O–H groups in total. The minimum atomic E-state index is -0.249. The number of aliphatic hydroxyl groups excluding tert-OH is 1. The van der Waals surface area contributed by atoms with E-state index in [4.69, 9.17) is 0 Å². The van der Waals surface area contributed by atoms with Crippen LogP contribution in [0.5, 0.6) is 0 Å². The SMILES string of the molecule is N#CC(=C(O)c1ccccc1C(=O)c1ccccc1)c1nc2ccccc2s1. The molecule has 4 nitrogen and oxygen atoms in total. The van der Waals surface area contributed by atoms with Crippen molar-refractivity contribution in [1.82, 2.24) is 4.98 Å². The van der Waals surface area contributed by atoms with Crippen LogP contribution in [0, 0.1) is 11.3 Å². The summed E-state index contributed by atoms with van der Waals surface area (Å²) < 4.78 is 0.923. The Hall–Kier alpha value is -3.75. The molecule has 0 aliphatic heterocycles. The summed E-state index contributed by atoms with van der Waals surface area (Å²) in [6.07, 6.45) is 0. The zero-order valence-electron chi connectivity index (χ0n) is 14.7. The van der Waals surface area contributed by atoms with Crippen LogP contribution in [-0.2, 0) is 0 Å². The number of fused-ring (bicyclic) bond motifs is 1. The van der Waals surface area contributed by atoms with Gasteiger partial charge >= 0.3 is 0 Å². The van der Waals surface area contributed by atoms with E-state index in [-0.39, 0.29) is 17.1 Å². The average molecular weight is 382 g/mol. The molecule has 0 bridgehead atoms. The summed E-state index contributed by atoms with van der Waals surface area (Å²) in [5, 5.41) is 21.0. The summed E-state index contributed by atoms with van der Waals surface area (Å²) in [7, 11) is 0. The Balaban J connectivity index is 1.86. The van der Waals surface area contributed by atoms with Gasteiger partial charge in [-0.2, -0.15) is 5.26 Å². The monoisotopic (exact) mass is 382 g/mol. The van der Waals surface area contributed by atoms with Crippen molar-refractivity contribution in [2.24, 2.45) is 0 Å². The first-order chi connectivity index (χ1) is 13.7. The molecular weight excluding hydrogens is 368 g/mol. The van der Waals surface area contributed by atoms with Crippen molar-refractivity contribution in [1.29, 1.82) is 5.26 Å². The molecule has 1 heterocycles. The predicted octanol–water partition coefficient (Wildman–Crippen LogP) is 5.48. The smallest absolute Gasteiger partial charge is 0.193 e. The summed E-state index contributed by atoms with van der Waals surface area (Å²) in [6, 6.07) is 25.2. The minimum absolute atomic E-state index is 0.0505. The van der Waals surface area contributed by atoms with Gasteiger partial charge in [0.1, 0.15) is 22.4 Å². The van der Waals surface area contributed by atoms with Crippen molar-refractivity contribution in [2.75, 3.05) is 0 Å². The standard InChI is InChI=1S/C23H14N2O2S/c24-14-18(23-25-19-12-6-7-13-20(19)28-23)22(27)17-11-5-4-10-16(17)21(26)15-8-2-1-3-9-15/h1-13,27H. The van der Waals surface area contributed by atoms with Crippen LogP contribution >= 0.6 is 11.3 Å². The lowest BCUT2D eigenvalue weighted by atomic mass is 9.96. The Kier molecular flexibility index (Phi) is 4.71. The number of hydrogen-bond donors (Lipinski definition) is 1. The molecule has 3 aromatic carbocycles. The molecule has 4 aromatic rings. The fourth-order valence-corrected chi connectivity index (χ4v) is 3.91. The molecule has 0 atom stereocenters. The van der Waals surface area contributed by atoms with Crippen LogP contribution in [0.4, 0.5) is 0 Å². The molecule has 0 saturated carbocycles. The van der Waals surface area contributed by atoms with Crippen LogP contribution < -0.4 is 0 Å². The van der Waals surface area contributed by atoms with Gasteiger partial charge in [-0.05, 0) is 12.1 Å². The number of benzene rings is 3. The van der Waals surface area contributed by atoms with Crippen molar-refractivity contribution >= 4 is 38.7 Å². The van der Waals surface area contributed by atoms with Gasteiger partial charge in [0.25, 0.3) is 0 Å². The third kappa shape index (κ3) is 3.18. The number of nitrogens with zero attached hydrogens (tertiary/aromatic N) is 2. The van der Waals surface area contributed by atoms with E-state index in [9.17, 15) is 15.2 Å². The fourth-order valence-electron chi connectivity index (χ4n) is 2.95. The Morgan fingerprint density at radius 1 is 0.893 bits per heavy atom. The van der Waals surface area contributed by atoms with E-state index < -0.39 is 0 Å². The molecule has 0 spiro atoms. The van der Waals surface area contributed by atoms with Gasteiger partial charge in [-0.15, -0.1) is 11.3 Å². The van der Waals surface area contributed by atoms with Crippen molar-refractivity contribution < 1.29 is 9.90 Å². The summed E-state index contributed by atoms with van der Waals surface area (Å²) in [5.74, 6) is -0.467. The number of carbonyl (C=O) groups excluding carboxylic acids is 1. The number of nitriles is 1. The topological polar surface area (TPSA) is 74.0 Å². The first kappa shape index (κ1) is 17.7. The number of allylic oxidation sites excluding steroid dienone is 1. The van der Waals surface area contributed by atoms with Crippen LogP contribution in [0.2, 0.25) is 0 Å². The minimum Gasteiger partial charge on any atom is -0.506 e. The highest BCUT2D eigenvalue weighted by molar-refractivity contribution is 7.19. The van der Waals surface area contributed by atoms with Gasteiger partial charge in [-0.1, -0.05) is 66.7 Å². The molecule has 1 aromatic heterocycles. The Morgan fingerprint density at radius 3 is 2.25 bits per heavy atom. The van der Waals surface area contributed by atoms with Crippen molar-refractivity contribution in [2.45, 2.75) is 0 Å². The number of para-hydroxylation sites is 1. The lowest BCUT2D eigenvalue weighted by Crippen LogP contribution is -2.05. The Morgan fingerprint density at radius 2 is 1.54 bits per heavy atom. The van der Waals surface area contributed by atoms with Gasteiger partial charge in [0, 0.05) is 16.7 Å². The second kappa shape index (κ2) is 7.47. The fraction of sp³-hybridized carbons (Fsp3) is 0. The van der Waals surface area contributed by atoms with Crippen LogP contribution in [0.1, 0.15) is 26.5 Å². The number of rotatable bonds is 4. The van der Waals surface area contributed by atoms with Gasteiger partial charge in [0.2, 0.25) is 0 Å². The van der Waals surface area contributed by atoms with Gasteiger partial charge in [0.05, 0.1) is 10.2 Å². The Bertz CT molecular complexity index is 1220. The molecule has 0 unspecified atom stereocenters. The first-order valence-electron chi connectivity index (χ1n) is 8.57. The molecule has 0 saturated heterocycles.